The van der Waals surface area contributed by atoms with E-state index >= 15 is 0 Å². The molecule has 0 fully saturated rings. The van der Waals surface area contributed by atoms with Crippen LogP contribution in [0.3, 0.4) is 0 Å². The minimum Gasteiger partial charge on any atom is -0.507 e. The van der Waals surface area contributed by atoms with Crippen LogP contribution in [0.5, 0.6) is 5.75 Å². The van der Waals surface area contributed by atoms with Gasteiger partial charge in [0.1, 0.15) is 22.7 Å². The molecule has 132 valence electrons. The molecule has 6 N–H and O–H groups in total. The molecule has 3 aromatic rings. The van der Waals surface area contributed by atoms with E-state index in [1.54, 1.807) is 24.3 Å². The fourth-order valence-electron chi connectivity index (χ4n) is 2.85. The Balaban J connectivity index is 2.62. The molecule has 0 atom stereocenters. The second-order valence-electron chi connectivity index (χ2n) is 5.43. The zero-order chi connectivity index (χ0) is 19.2. The van der Waals surface area contributed by atoms with Crippen LogP contribution in [0, 0.1) is 0 Å². The molecule has 0 aliphatic heterocycles. The summed E-state index contributed by atoms with van der Waals surface area (Å²) < 4.78 is 0.726. The van der Waals surface area contributed by atoms with E-state index in [9.17, 15) is 29.7 Å². The Morgan fingerprint density at radius 2 is 1.65 bits per heavy atom. The van der Waals surface area contributed by atoms with Crippen LogP contribution in [0.2, 0.25) is 0 Å². The van der Waals surface area contributed by atoms with E-state index in [0.29, 0.717) is 10.8 Å². The number of pyridine rings is 1. The van der Waals surface area contributed by atoms with Crippen molar-refractivity contribution in [3.05, 3.63) is 56.3 Å². The van der Waals surface area contributed by atoms with Crippen molar-refractivity contribution >= 4 is 44.5 Å². The van der Waals surface area contributed by atoms with Crippen LogP contribution in [0.4, 0.5) is 5.82 Å². The highest BCUT2D eigenvalue weighted by Crippen LogP contribution is 2.41. The maximum Gasteiger partial charge on any atom is 0.342 e. The quantitative estimate of drug-likeness (QED) is 0.437. The van der Waals surface area contributed by atoms with Gasteiger partial charge >= 0.3 is 11.9 Å². The molecule has 0 amide bonds. The summed E-state index contributed by atoms with van der Waals surface area (Å²) in [4.78, 5) is 37.6. The van der Waals surface area contributed by atoms with Gasteiger partial charge in [-0.1, -0.05) is 28.1 Å². The third kappa shape index (κ3) is 2.68. The number of anilines is 1. The molecule has 26 heavy (non-hydrogen) atoms. The average Bonchev–Trinajstić information content (AvgIpc) is 2.53. The lowest BCUT2D eigenvalue weighted by Gasteiger charge is -2.15. The number of aromatic carboxylic acids is 2. The van der Waals surface area contributed by atoms with Crippen LogP contribution < -0.4 is 11.3 Å². The number of nitrogen functional groups attached to an aromatic ring is 1. The van der Waals surface area contributed by atoms with E-state index in [1.165, 1.54) is 6.07 Å². The Kier molecular flexibility index (Phi) is 4.17. The van der Waals surface area contributed by atoms with Crippen molar-refractivity contribution in [2.45, 2.75) is 0 Å². The van der Waals surface area contributed by atoms with E-state index in [-0.39, 0.29) is 11.3 Å². The van der Waals surface area contributed by atoms with Gasteiger partial charge < -0.3 is 26.0 Å². The van der Waals surface area contributed by atoms with Gasteiger partial charge in [-0.05, 0) is 29.0 Å². The maximum atomic E-state index is 12.2. The van der Waals surface area contributed by atoms with Crippen molar-refractivity contribution in [1.29, 1.82) is 0 Å². The molecule has 1 aromatic heterocycles. The number of hydrogen-bond acceptors (Lipinski definition) is 5. The van der Waals surface area contributed by atoms with E-state index in [4.69, 9.17) is 5.73 Å². The number of benzene rings is 2. The standard InChI is InChI=1S/C17H11BrN2O6/c18-7-2-3-8-6(5-7)1-4-9(21)10(8)11-12(16(23)24)14(19)20-15(22)13(11)17(25)26/h1-5,21H,(H,23,24)(H,25,26)(H3,19,20,22). The first kappa shape index (κ1) is 17.5. The molecule has 0 radical (unpaired) electrons. The van der Waals surface area contributed by atoms with Crippen molar-refractivity contribution in [1.82, 2.24) is 4.98 Å². The fraction of sp³-hybridized carbons (Fsp3) is 0. The summed E-state index contributed by atoms with van der Waals surface area (Å²) in [5.74, 6) is -4.06. The number of phenolic OH excluding ortho intramolecular Hbond substituents is 1. The molecule has 9 heteroatoms. The monoisotopic (exact) mass is 418 g/mol. The number of hydrogen-bond donors (Lipinski definition) is 5. The lowest BCUT2D eigenvalue weighted by atomic mass is 9.90. The summed E-state index contributed by atoms with van der Waals surface area (Å²) in [5.41, 5.74) is 2.60. The summed E-state index contributed by atoms with van der Waals surface area (Å²) in [7, 11) is 0. The predicted molar refractivity (Wildman–Crippen MR) is 97.7 cm³/mol. The molecule has 0 saturated carbocycles. The van der Waals surface area contributed by atoms with Crippen molar-refractivity contribution in [3.8, 4) is 16.9 Å². The van der Waals surface area contributed by atoms with Gasteiger partial charge in [-0.15, -0.1) is 0 Å². The summed E-state index contributed by atoms with van der Waals surface area (Å²) >= 11 is 3.30. The zero-order valence-electron chi connectivity index (χ0n) is 12.9. The number of rotatable bonds is 3. The fourth-order valence-corrected chi connectivity index (χ4v) is 3.23. The number of halogens is 1. The molecule has 0 bridgehead atoms. The van der Waals surface area contributed by atoms with Gasteiger partial charge in [0.05, 0.1) is 0 Å². The van der Waals surface area contributed by atoms with Crippen molar-refractivity contribution in [3.63, 3.8) is 0 Å². The molecular weight excluding hydrogens is 408 g/mol. The van der Waals surface area contributed by atoms with Gasteiger partial charge in [0.25, 0.3) is 5.56 Å². The molecule has 2 aromatic carbocycles. The number of aromatic amines is 1. The SMILES string of the molecule is Nc1[nH]c(=O)c(C(=O)O)c(-c2c(O)ccc3cc(Br)ccc23)c1C(=O)O. The van der Waals surface area contributed by atoms with E-state index in [2.05, 4.69) is 15.9 Å². The van der Waals surface area contributed by atoms with Crippen LogP contribution >= 0.6 is 15.9 Å². The molecule has 3 rings (SSSR count). The third-order valence-electron chi connectivity index (χ3n) is 3.88. The molecule has 0 unspecified atom stereocenters. The number of H-pyrrole nitrogens is 1. The number of carbonyl (C=O) groups is 2. The second-order valence-corrected chi connectivity index (χ2v) is 6.34. The van der Waals surface area contributed by atoms with Crippen LogP contribution in [-0.2, 0) is 0 Å². The average molecular weight is 419 g/mol. The Morgan fingerprint density at radius 3 is 2.27 bits per heavy atom. The molecule has 0 aliphatic carbocycles. The van der Waals surface area contributed by atoms with E-state index in [1.807, 2.05) is 4.98 Å². The number of carboxylic acids is 2. The Morgan fingerprint density at radius 1 is 1.00 bits per heavy atom. The van der Waals surface area contributed by atoms with Gasteiger partial charge in [-0.3, -0.25) is 4.79 Å². The summed E-state index contributed by atoms with van der Waals surface area (Å²) in [6, 6.07) is 7.79. The smallest absolute Gasteiger partial charge is 0.342 e. The minimum absolute atomic E-state index is 0.0948. The number of carboxylic acid groups (broad SMARTS) is 2. The molecule has 1 heterocycles. The highest BCUT2D eigenvalue weighted by molar-refractivity contribution is 9.10. The van der Waals surface area contributed by atoms with Crippen LogP contribution in [-0.4, -0.2) is 32.2 Å². The number of fused-ring (bicyclic) bond motifs is 1. The van der Waals surface area contributed by atoms with Crippen molar-refractivity contribution < 1.29 is 24.9 Å². The first-order chi connectivity index (χ1) is 12.2. The highest BCUT2D eigenvalue weighted by atomic mass is 79.9. The van der Waals surface area contributed by atoms with E-state index < -0.39 is 40.0 Å². The maximum absolute atomic E-state index is 12.2. The van der Waals surface area contributed by atoms with Crippen LogP contribution in [0.25, 0.3) is 21.9 Å². The normalized spacial score (nSPS) is 10.8. The highest BCUT2D eigenvalue weighted by Gasteiger charge is 2.29. The number of nitrogens with one attached hydrogen (secondary N) is 1. The van der Waals surface area contributed by atoms with Crippen LogP contribution in [0.15, 0.2) is 39.6 Å². The molecular formula is C17H11BrN2O6. The third-order valence-corrected chi connectivity index (χ3v) is 4.38. The van der Waals surface area contributed by atoms with Crippen molar-refractivity contribution in [2.75, 3.05) is 5.73 Å². The molecule has 0 saturated heterocycles. The number of phenols is 1. The summed E-state index contributed by atoms with van der Waals surface area (Å²) in [6.45, 7) is 0. The summed E-state index contributed by atoms with van der Waals surface area (Å²) in [5, 5.41) is 30.3. The van der Waals surface area contributed by atoms with Gasteiger partial charge in [-0.25, -0.2) is 9.59 Å². The largest absolute Gasteiger partial charge is 0.507 e. The minimum atomic E-state index is -1.64. The predicted octanol–water partition coefficient (Wildman–Crippen LogP) is 2.64. The van der Waals surface area contributed by atoms with Gasteiger partial charge in [0.15, 0.2) is 0 Å². The Labute approximate surface area is 153 Å². The Bertz CT molecular complexity index is 1150. The lowest BCUT2D eigenvalue weighted by molar-refractivity contribution is 0.0695. The first-order valence-electron chi connectivity index (χ1n) is 7.16. The molecule has 0 aliphatic rings. The topological polar surface area (TPSA) is 154 Å². The second kappa shape index (κ2) is 6.19. The lowest BCUT2D eigenvalue weighted by Crippen LogP contribution is -2.24. The summed E-state index contributed by atoms with van der Waals surface area (Å²) in [6.07, 6.45) is 0. The van der Waals surface area contributed by atoms with Gasteiger partial charge in [-0.2, -0.15) is 0 Å². The Hall–Kier alpha value is -3.33. The number of aromatic hydroxyl groups is 1. The number of aromatic nitrogens is 1. The molecule has 8 nitrogen and oxygen atoms in total. The van der Waals surface area contributed by atoms with Gasteiger partial charge in [0.2, 0.25) is 0 Å². The number of nitrogens with two attached hydrogens (primary N) is 1. The van der Waals surface area contributed by atoms with E-state index in [0.717, 1.165) is 4.47 Å². The zero-order valence-corrected chi connectivity index (χ0v) is 14.5. The van der Waals surface area contributed by atoms with Crippen molar-refractivity contribution in [2.24, 2.45) is 0 Å². The molecule has 0 spiro atoms. The van der Waals surface area contributed by atoms with Crippen LogP contribution in [0.1, 0.15) is 20.7 Å². The van der Waals surface area contributed by atoms with Gasteiger partial charge in [0, 0.05) is 15.6 Å². The first-order valence-corrected chi connectivity index (χ1v) is 7.95.